The highest BCUT2D eigenvalue weighted by Crippen LogP contribution is 2.23. The molecule has 0 aromatic carbocycles. The lowest BCUT2D eigenvalue weighted by Crippen LogP contribution is -2.36. The number of nitrogens with zero attached hydrogens (tertiary/aromatic N) is 2. The Bertz CT molecular complexity index is 643. The smallest absolute Gasteiger partial charge is 0.340 e. The van der Waals surface area contributed by atoms with Gasteiger partial charge < -0.3 is 14.8 Å². The number of aryl methyl sites for hydroxylation is 1. The number of carbonyl (C=O) groups excluding carboxylic acids is 2. The fourth-order valence-corrected chi connectivity index (χ4v) is 2.74. The summed E-state index contributed by atoms with van der Waals surface area (Å²) in [5, 5.41) is 12.4. The topological polar surface area (TPSA) is 101 Å². The van der Waals surface area contributed by atoms with E-state index in [1.165, 1.54) is 6.07 Å². The maximum atomic E-state index is 11.9. The molecule has 1 N–H and O–H groups in total. The number of thioether (sulfide) groups is 1. The number of pyridine rings is 1. The van der Waals surface area contributed by atoms with Gasteiger partial charge in [-0.15, -0.1) is 0 Å². The predicted octanol–water partition coefficient (Wildman–Crippen LogP) is 1.68. The van der Waals surface area contributed by atoms with E-state index in [4.69, 9.17) is 9.47 Å². The van der Waals surface area contributed by atoms with Crippen LogP contribution in [0, 0.1) is 18.3 Å². The summed E-state index contributed by atoms with van der Waals surface area (Å²) in [7, 11) is 1.56. The number of nitriles is 1. The molecule has 1 aromatic heterocycles. The summed E-state index contributed by atoms with van der Waals surface area (Å²) >= 11 is 1.15. The van der Waals surface area contributed by atoms with Gasteiger partial charge >= 0.3 is 5.97 Å². The number of methoxy groups -OCH3 is 1. The van der Waals surface area contributed by atoms with E-state index in [0.29, 0.717) is 17.3 Å². The van der Waals surface area contributed by atoms with E-state index in [-0.39, 0.29) is 35.4 Å². The molecule has 0 saturated carbocycles. The van der Waals surface area contributed by atoms with Crippen LogP contribution in [0.15, 0.2) is 11.1 Å². The summed E-state index contributed by atoms with van der Waals surface area (Å²) in [4.78, 5) is 28.0. The third-order valence-electron chi connectivity index (χ3n) is 2.96. The van der Waals surface area contributed by atoms with Crippen LogP contribution in [0.5, 0.6) is 0 Å². The van der Waals surface area contributed by atoms with Gasteiger partial charge in [-0.1, -0.05) is 11.8 Å². The number of amides is 1. The van der Waals surface area contributed by atoms with Crippen molar-refractivity contribution in [1.29, 1.82) is 5.26 Å². The second kappa shape index (κ2) is 9.90. The maximum absolute atomic E-state index is 11.9. The first kappa shape index (κ1) is 19.9. The summed E-state index contributed by atoms with van der Waals surface area (Å²) < 4.78 is 9.90. The number of nitrogens with one attached hydrogen (secondary N) is 1. The van der Waals surface area contributed by atoms with Gasteiger partial charge in [0.25, 0.3) is 0 Å². The quantitative estimate of drug-likeness (QED) is 0.561. The highest BCUT2D eigenvalue weighted by molar-refractivity contribution is 8.00. The van der Waals surface area contributed by atoms with Gasteiger partial charge in [-0.05, 0) is 26.8 Å². The van der Waals surface area contributed by atoms with E-state index in [1.807, 2.05) is 13.0 Å². The minimum Gasteiger partial charge on any atom is -0.462 e. The standard InChI is InChI=1S/C16H21N3O4S/c1-5-23-16(21)13-6-12(7-17)15(19-11(13)3)24-9-14(20)18-10(2)8-22-4/h6,10H,5,8-9H2,1-4H3,(H,18,20)/t10-/m0/s1. The predicted molar refractivity (Wildman–Crippen MR) is 89.9 cm³/mol. The van der Waals surface area contributed by atoms with Crippen LogP contribution < -0.4 is 5.32 Å². The minimum absolute atomic E-state index is 0.0978. The molecule has 1 heterocycles. The number of hydrogen-bond acceptors (Lipinski definition) is 7. The average molecular weight is 351 g/mol. The Balaban J connectivity index is 2.82. The molecule has 0 bridgehead atoms. The largest absolute Gasteiger partial charge is 0.462 e. The van der Waals surface area contributed by atoms with E-state index in [0.717, 1.165) is 11.8 Å². The van der Waals surface area contributed by atoms with Crippen LogP contribution in [0.25, 0.3) is 0 Å². The van der Waals surface area contributed by atoms with E-state index < -0.39 is 5.97 Å². The summed E-state index contributed by atoms with van der Waals surface area (Å²) in [6.07, 6.45) is 0. The van der Waals surface area contributed by atoms with Crippen molar-refractivity contribution >= 4 is 23.6 Å². The molecular formula is C16H21N3O4S. The van der Waals surface area contributed by atoms with Crippen molar-refractivity contribution in [3.63, 3.8) is 0 Å². The van der Waals surface area contributed by atoms with Crippen LogP contribution in [0.2, 0.25) is 0 Å². The van der Waals surface area contributed by atoms with Crippen molar-refractivity contribution in [3.05, 3.63) is 22.9 Å². The first-order valence-electron chi connectivity index (χ1n) is 7.42. The van der Waals surface area contributed by atoms with Crippen molar-refractivity contribution in [2.75, 3.05) is 26.1 Å². The summed E-state index contributed by atoms with van der Waals surface area (Å²) in [5.41, 5.74) is 0.963. The van der Waals surface area contributed by atoms with Gasteiger partial charge in [0.2, 0.25) is 5.91 Å². The van der Waals surface area contributed by atoms with Gasteiger partial charge in [0.15, 0.2) is 0 Å². The van der Waals surface area contributed by atoms with E-state index in [9.17, 15) is 14.9 Å². The van der Waals surface area contributed by atoms with Gasteiger partial charge in [-0.25, -0.2) is 9.78 Å². The van der Waals surface area contributed by atoms with Crippen molar-refractivity contribution in [2.24, 2.45) is 0 Å². The summed E-state index contributed by atoms with van der Waals surface area (Å²) in [6.45, 7) is 5.88. The molecule has 1 atom stereocenters. The van der Waals surface area contributed by atoms with Crippen molar-refractivity contribution in [1.82, 2.24) is 10.3 Å². The lowest BCUT2D eigenvalue weighted by atomic mass is 10.1. The first-order chi connectivity index (χ1) is 11.4. The molecule has 0 aliphatic carbocycles. The molecule has 0 aliphatic rings. The molecule has 24 heavy (non-hydrogen) atoms. The van der Waals surface area contributed by atoms with E-state index in [2.05, 4.69) is 10.3 Å². The molecule has 0 spiro atoms. The van der Waals surface area contributed by atoms with Crippen LogP contribution in [0.4, 0.5) is 0 Å². The molecule has 7 nitrogen and oxygen atoms in total. The summed E-state index contributed by atoms with van der Waals surface area (Å²) in [6, 6.07) is 3.36. The SMILES string of the molecule is CCOC(=O)c1cc(C#N)c(SCC(=O)N[C@@H](C)COC)nc1C. The molecular weight excluding hydrogens is 330 g/mol. The van der Waals surface area contributed by atoms with Crippen LogP contribution in [0.1, 0.15) is 35.5 Å². The number of aromatic nitrogens is 1. The molecule has 130 valence electrons. The Hall–Kier alpha value is -2.11. The van der Waals surface area contributed by atoms with Crippen LogP contribution in [-0.4, -0.2) is 49.0 Å². The first-order valence-corrected chi connectivity index (χ1v) is 8.41. The molecule has 1 amide bonds. The fourth-order valence-electron chi connectivity index (χ4n) is 1.93. The molecule has 0 unspecified atom stereocenters. The number of carbonyl (C=O) groups is 2. The number of hydrogen-bond donors (Lipinski definition) is 1. The Kier molecular flexibility index (Phi) is 8.22. The molecule has 1 rings (SSSR count). The molecule has 0 saturated heterocycles. The van der Waals surface area contributed by atoms with E-state index in [1.54, 1.807) is 21.0 Å². The molecule has 0 radical (unpaired) electrons. The van der Waals surface area contributed by atoms with Crippen LogP contribution in [-0.2, 0) is 14.3 Å². The average Bonchev–Trinajstić information content (AvgIpc) is 2.53. The number of esters is 1. The van der Waals surface area contributed by atoms with E-state index >= 15 is 0 Å². The zero-order valence-corrected chi connectivity index (χ0v) is 15.0. The lowest BCUT2D eigenvalue weighted by molar-refractivity contribution is -0.119. The van der Waals surface area contributed by atoms with Crippen LogP contribution >= 0.6 is 11.8 Å². The number of ether oxygens (including phenoxy) is 2. The zero-order valence-electron chi connectivity index (χ0n) is 14.2. The normalized spacial score (nSPS) is 11.5. The fraction of sp³-hybridized carbons (Fsp3) is 0.500. The molecule has 8 heteroatoms. The minimum atomic E-state index is -0.512. The molecule has 0 aliphatic heterocycles. The number of rotatable bonds is 8. The van der Waals surface area contributed by atoms with Gasteiger partial charge in [0, 0.05) is 13.2 Å². The van der Waals surface area contributed by atoms with Crippen LogP contribution in [0.3, 0.4) is 0 Å². The Labute approximate surface area is 145 Å². The highest BCUT2D eigenvalue weighted by atomic mass is 32.2. The van der Waals surface area contributed by atoms with Crippen molar-refractivity contribution in [3.8, 4) is 6.07 Å². The van der Waals surface area contributed by atoms with Gasteiger partial charge in [-0.2, -0.15) is 5.26 Å². The highest BCUT2D eigenvalue weighted by Gasteiger charge is 2.17. The second-order valence-corrected chi connectivity index (χ2v) is 5.98. The molecule has 1 aromatic rings. The Morgan fingerprint density at radius 2 is 2.21 bits per heavy atom. The monoisotopic (exact) mass is 351 g/mol. The van der Waals surface area contributed by atoms with Gasteiger partial charge in [0.05, 0.1) is 35.8 Å². The Morgan fingerprint density at radius 3 is 2.79 bits per heavy atom. The van der Waals surface area contributed by atoms with Crippen molar-refractivity contribution in [2.45, 2.75) is 31.8 Å². The maximum Gasteiger partial charge on any atom is 0.340 e. The lowest BCUT2D eigenvalue weighted by Gasteiger charge is -2.13. The third kappa shape index (κ3) is 5.83. The second-order valence-electron chi connectivity index (χ2n) is 5.02. The molecule has 0 fully saturated rings. The van der Waals surface area contributed by atoms with Gasteiger partial charge in [0.1, 0.15) is 11.1 Å². The van der Waals surface area contributed by atoms with Crippen molar-refractivity contribution < 1.29 is 19.1 Å². The zero-order chi connectivity index (χ0) is 18.1. The Morgan fingerprint density at radius 1 is 1.50 bits per heavy atom. The van der Waals surface area contributed by atoms with Gasteiger partial charge in [-0.3, -0.25) is 4.79 Å². The third-order valence-corrected chi connectivity index (χ3v) is 3.95. The summed E-state index contributed by atoms with van der Waals surface area (Å²) in [5.74, 6) is -0.572.